The summed E-state index contributed by atoms with van der Waals surface area (Å²) in [7, 11) is 0. The lowest BCUT2D eigenvalue weighted by molar-refractivity contribution is -0.132. The van der Waals surface area contributed by atoms with Crippen molar-refractivity contribution in [2.24, 2.45) is 0 Å². The second-order valence-corrected chi connectivity index (χ2v) is 11.3. The fraction of sp³-hybridized carbons (Fsp3) is 0.375. The Labute approximate surface area is 235 Å². The van der Waals surface area contributed by atoms with Crippen LogP contribution in [0, 0.1) is 5.41 Å². The average Bonchev–Trinajstić information content (AvgIpc) is 2.94. The van der Waals surface area contributed by atoms with E-state index in [-0.39, 0.29) is 30.2 Å². The van der Waals surface area contributed by atoms with Gasteiger partial charge in [0.25, 0.3) is 5.91 Å². The summed E-state index contributed by atoms with van der Waals surface area (Å²) in [5.41, 5.74) is 2.07. The van der Waals surface area contributed by atoms with Crippen molar-refractivity contribution in [1.82, 2.24) is 20.5 Å². The number of amides is 2. The van der Waals surface area contributed by atoms with Crippen molar-refractivity contribution in [2.45, 2.75) is 76.6 Å². The maximum absolute atomic E-state index is 13.6. The molecule has 0 saturated carbocycles. The van der Waals surface area contributed by atoms with Gasteiger partial charge in [-0.1, -0.05) is 50.2 Å². The summed E-state index contributed by atoms with van der Waals surface area (Å²) in [5.74, 6) is 0.500. The van der Waals surface area contributed by atoms with Gasteiger partial charge in [-0.3, -0.25) is 24.9 Å². The van der Waals surface area contributed by atoms with Gasteiger partial charge in [-0.25, -0.2) is 0 Å². The molecule has 40 heavy (non-hydrogen) atoms. The van der Waals surface area contributed by atoms with Crippen LogP contribution in [0.25, 0.3) is 0 Å². The lowest BCUT2D eigenvalue weighted by Crippen LogP contribution is -2.62. The minimum absolute atomic E-state index is 0.0599. The van der Waals surface area contributed by atoms with E-state index in [9.17, 15) is 9.59 Å². The molecule has 208 valence electrons. The third kappa shape index (κ3) is 5.30. The number of benzene rings is 2. The predicted octanol–water partition coefficient (Wildman–Crippen LogP) is 5.52. The molecule has 3 N–H and O–H groups in total. The van der Waals surface area contributed by atoms with Crippen LogP contribution in [0.1, 0.15) is 92.5 Å². The largest absolute Gasteiger partial charge is 0.487 e. The molecule has 3 heterocycles. The van der Waals surface area contributed by atoms with E-state index in [0.29, 0.717) is 12.0 Å². The molecule has 1 fully saturated rings. The summed E-state index contributed by atoms with van der Waals surface area (Å²) in [4.78, 5) is 33.0. The maximum atomic E-state index is 13.6. The number of pyridine rings is 1. The van der Waals surface area contributed by atoms with Gasteiger partial charge in [-0.2, -0.15) is 0 Å². The van der Waals surface area contributed by atoms with E-state index >= 15 is 0 Å². The zero-order valence-electron chi connectivity index (χ0n) is 23.5. The molecule has 0 aliphatic carbocycles. The minimum atomic E-state index is -0.608. The number of carbonyl (C=O) groups is 2. The Hall–Kier alpha value is -4.20. The lowest BCUT2D eigenvalue weighted by Gasteiger charge is -2.45. The number of nitrogens with zero attached hydrogens (tertiary/aromatic N) is 2. The first kappa shape index (κ1) is 27.4. The zero-order chi connectivity index (χ0) is 28.5. The summed E-state index contributed by atoms with van der Waals surface area (Å²) in [6, 6.07) is 18.0. The molecule has 0 bridgehead atoms. The average molecular weight is 540 g/mol. The van der Waals surface area contributed by atoms with E-state index in [1.54, 1.807) is 18.5 Å². The molecule has 0 radical (unpaired) electrons. The Balaban J connectivity index is 1.47. The highest BCUT2D eigenvalue weighted by molar-refractivity contribution is 6.00. The van der Waals surface area contributed by atoms with E-state index in [1.807, 2.05) is 82.3 Å². The first-order valence-corrected chi connectivity index (χ1v) is 13.9. The van der Waals surface area contributed by atoms with Gasteiger partial charge in [0, 0.05) is 35.5 Å². The molecular formula is C32H37N5O3. The van der Waals surface area contributed by atoms with Gasteiger partial charge in [0.15, 0.2) is 5.96 Å². The van der Waals surface area contributed by atoms with Crippen LogP contribution >= 0.6 is 0 Å². The smallest absolute Gasteiger partial charge is 0.251 e. The van der Waals surface area contributed by atoms with Crippen LogP contribution in [0.4, 0.5) is 0 Å². The van der Waals surface area contributed by atoms with Gasteiger partial charge in [0.05, 0.1) is 18.5 Å². The topological polar surface area (TPSA) is 107 Å². The Morgan fingerprint density at radius 1 is 1.12 bits per heavy atom. The van der Waals surface area contributed by atoms with Gasteiger partial charge in [-0.15, -0.1) is 0 Å². The van der Waals surface area contributed by atoms with Crippen LogP contribution < -0.4 is 15.4 Å². The van der Waals surface area contributed by atoms with E-state index in [1.165, 1.54) is 4.90 Å². The molecular weight excluding hydrogens is 502 g/mol. The molecule has 2 amide bonds. The first-order valence-electron chi connectivity index (χ1n) is 13.9. The number of hydrogen-bond donors (Lipinski definition) is 3. The van der Waals surface area contributed by atoms with Crippen molar-refractivity contribution in [3.05, 3.63) is 95.3 Å². The molecule has 1 unspecified atom stereocenters. The number of ether oxygens (including phenoxy) is 1. The van der Waals surface area contributed by atoms with Crippen LogP contribution in [0.2, 0.25) is 0 Å². The van der Waals surface area contributed by atoms with Crippen LogP contribution in [0.5, 0.6) is 5.75 Å². The third-order valence-corrected chi connectivity index (χ3v) is 8.14. The molecule has 2 aliphatic rings. The molecule has 0 spiro atoms. The molecule has 2 aliphatic heterocycles. The fourth-order valence-electron chi connectivity index (χ4n) is 5.86. The number of para-hydroxylation sites is 1. The summed E-state index contributed by atoms with van der Waals surface area (Å²) in [5, 5.41) is 15.4. The van der Waals surface area contributed by atoms with Gasteiger partial charge >= 0.3 is 0 Å². The standard InChI is InChI=1S/C32H37N5O3/c1-5-32(6-2)19-27(38)37(30(33)36-32)28(23-13-10-16-34-20-23)21-11-9-12-22(17-21)29(39)35-25-18-31(3,4)40-26-15-8-7-14-24(25)26/h7-17,20,25,28H,5-6,18-19H2,1-4H3,(H2,33,36)(H,35,39)/t25-,28?/m0/s1. The number of fused-ring (bicyclic) bond motifs is 1. The molecule has 1 aromatic heterocycles. The highest BCUT2D eigenvalue weighted by atomic mass is 16.5. The van der Waals surface area contributed by atoms with Gasteiger partial charge < -0.3 is 15.4 Å². The molecule has 8 nitrogen and oxygen atoms in total. The van der Waals surface area contributed by atoms with Crippen molar-refractivity contribution < 1.29 is 14.3 Å². The van der Waals surface area contributed by atoms with E-state index in [2.05, 4.69) is 15.6 Å². The van der Waals surface area contributed by atoms with Crippen molar-refractivity contribution in [2.75, 3.05) is 0 Å². The number of hydrogen-bond acceptors (Lipinski definition) is 5. The Morgan fingerprint density at radius 2 is 1.88 bits per heavy atom. The molecule has 2 aromatic carbocycles. The van der Waals surface area contributed by atoms with Crippen molar-refractivity contribution in [3.8, 4) is 5.75 Å². The Morgan fingerprint density at radius 3 is 2.58 bits per heavy atom. The van der Waals surface area contributed by atoms with Crippen molar-refractivity contribution in [3.63, 3.8) is 0 Å². The summed E-state index contributed by atoms with van der Waals surface area (Å²) in [6.45, 7) is 8.11. The molecule has 5 rings (SSSR count). The highest BCUT2D eigenvalue weighted by Gasteiger charge is 2.43. The van der Waals surface area contributed by atoms with Crippen molar-refractivity contribution >= 4 is 17.8 Å². The van der Waals surface area contributed by atoms with Crippen LogP contribution in [-0.4, -0.2) is 38.8 Å². The summed E-state index contributed by atoms with van der Waals surface area (Å²) >= 11 is 0. The number of nitrogens with one attached hydrogen (secondary N) is 3. The van der Waals surface area contributed by atoms with Crippen molar-refractivity contribution in [1.29, 1.82) is 5.41 Å². The zero-order valence-corrected chi connectivity index (χ0v) is 23.5. The quantitative estimate of drug-likeness (QED) is 0.367. The lowest BCUT2D eigenvalue weighted by atomic mass is 9.85. The number of carbonyl (C=O) groups excluding carboxylic acids is 2. The summed E-state index contributed by atoms with van der Waals surface area (Å²) in [6.07, 6.45) is 5.79. The van der Waals surface area contributed by atoms with E-state index in [0.717, 1.165) is 35.3 Å². The SMILES string of the molecule is CCC1(CC)CC(=O)N(C(c2cccnc2)c2cccc(C(=O)N[C@H]3CC(C)(C)Oc4ccccc43)c2)C(=N)N1. The third-order valence-electron chi connectivity index (χ3n) is 8.14. The van der Waals surface area contributed by atoms with Gasteiger partial charge in [0.1, 0.15) is 11.4 Å². The molecule has 8 heteroatoms. The van der Waals surface area contributed by atoms with Crippen LogP contribution in [0.3, 0.4) is 0 Å². The van der Waals surface area contributed by atoms with Crippen LogP contribution in [-0.2, 0) is 4.79 Å². The highest BCUT2D eigenvalue weighted by Crippen LogP contribution is 2.40. The summed E-state index contributed by atoms with van der Waals surface area (Å²) < 4.78 is 6.13. The predicted molar refractivity (Wildman–Crippen MR) is 154 cm³/mol. The second kappa shape index (κ2) is 10.8. The maximum Gasteiger partial charge on any atom is 0.251 e. The Bertz CT molecular complexity index is 1400. The van der Waals surface area contributed by atoms with Crippen LogP contribution in [0.15, 0.2) is 73.1 Å². The van der Waals surface area contributed by atoms with E-state index in [4.69, 9.17) is 10.1 Å². The molecule has 1 saturated heterocycles. The number of aromatic nitrogens is 1. The number of rotatable bonds is 7. The normalized spacial score (nSPS) is 20.1. The molecule has 2 atom stereocenters. The first-order chi connectivity index (χ1) is 19.1. The number of guanidine groups is 1. The Kier molecular flexibility index (Phi) is 7.36. The fourth-order valence-corrected chi connectivity index (χ4v) is 5.86. The van der Waals surface area contributed by atoms with Gasteiger partial charge in [0.2, 0.25) is 5.91 Å². The monoisotopic (exact) mass is 539 g/mol. The molecule has 3 aromatic rings. The minimum Gasteiger partial charge on any atom is -0.487 e. The van der Waals surface area contributed by atoms with Gasteiger partial charge in [-0.05, 0) is 62.1 Å². The van der Waals surface area contributed by atoms with E-state index < -0.39 is 17.2 Å². The second-order valence-electron chi connectivity index (χ2n) is 11.3.